The van der Waals surface area contributed by atoms with Crippen molar-refractivity contribution < 1.29 is 24.6 Å². The number of aliphatic hydroxyl groups excluding tert-OH is 2. The average molecular weight is 257 g/mol. The molecule has 0 unspecified atom stereocenters. The molecule has 0 fully saturated rings. The first-order valence-electron chi connectivity index (χ1n) is 5.38. The summed E-state index contributed by atoms with van der Waals surface area (Å²) in [4.78, 5) is 10.2. The van der Waals surface area contributed by atoms with Gasteiger partial charge in [-0.05, 0) is 11.6 Å². The highest BCUT2D eigenvalue weighted by Gasteiger charge is 2.15. The Kier molecular flexibility index (Phi) is 6.06. The maximum Gasteiger partial charge on any atom is 0.311 e. The molecule has 0 aliphatic heterocycles. The van der Waals surface area contributed by atoms with E-state index in [0.717, 1.165) is 0 Å². The van der Waals surface area contributed by atoms with Gasteiger partial charge in [-0.3, -0.25) is 10.1 Å². The fourth-order valence-corrected chi connectivity index (χ4v) is 1.30. The molecule has 0 radical (unpaired) electrons. The van der Waals surface area contributed by atoms with Gasteiger partial charge in [0.25, 0.3) is 0 Å². The van der Waals surface area contributed by atoms with Gasteiger partial charge in [0.05, 0.1) is 31.4 Å². The second-order valence-corrected chi connectivity index (χ2v) is 3.40. The van der Waals surface area contributed by atoms with Gasteiger partial charge in [-0.15, -0.1) is 0 Å². The van der Waals surface area contributed by atoms with Gasteiger partial charge in [-0.25, -0.2) is 0 Å². The Morgan fingerprint density at radius 1 is 1.22 bits per heavy atom. The van der Waals surface area contributed by atoms with Crippen LogP contribution in [0, 0.1) is 10.1 Å². The van der Waals surface area contributed by atoms with Crippen LogP contribution in [-0.4, -0.2) is 41.6 Å². The van der Waals surface area contributed by atoms with Gasteiger partial charge in [-0.2, -0.15) is 0 Å². The Hall–Kier alpha value is -1.70. The van der Waals surface area contributed by atoms with Crippen LogP contribution in [-0.2, 0) is 11.3 Å². The van der Waals surface area contributed by atoms with Crippen molar-refractivity contribution in [2.75, 3.05) is 26.4 Å². The van der Waals surface area contributed by atoms with Gasteiger partial charge < -0.3 is 19.7 Å². The molecule has 2 N–H and O–H groups in total. The van der Waals surface area contributed by atoms with Crippen LogP contribution in [0.2, 0.25) is 0 Å². The van der Waals surface area contributed by atoms with E-state index in [1.165, 1.54) is 12.1 Å². The number of benzene rings is 1. The number of aliphatic hydroxyl groups is 2. The molecule has 0 amide bonds. The van der Waals surface area contributed by atoms with Gasteiger partial charge in [0.2, 0.25) is 0 Å². The molecular weight excluding hydrogens is 242 g/mol. The Balaban J connectivity index is 2.61. The second kappa shape index (κ2) is 7.59. The standard InChI is InChI=1S/C11H15NO6/c13-3-4-17-5-6-18-11-2-1-9(8-14)7-10(11)12(15)16/h1-2,7,13-14H,3-6,8H2. The summed E-state index contributed by atoms with van der Waals surface area (Å²) in [5, 5.41) is 28.2. The summed E-state index contributed by atoms with van der Waals surface area (Å²) in [7, 11) is 0. The highest BCUT2D eigenvalue weighted by Crippen LogP contribution is 2.27. The van der Waals surface area contributed by atoms with E-state index in [1.807, 2.05) is 0 Å². The van der Waals surface area contributed by atoms with Crippen LogP contribution in [0.3, 0.4) is 0 Å². The zero-order valence-electron chi connectivity index (χ0n) is 9.74. The van der Waals surface area contributed by atoms with Crippen molar-refractivity contribution in [3.8, 4) is 5.75 Å². The number of nitro benzene ring substituents is 1. The molecule has 100 valence electrons. The number of hydrogen-bond donors (Lipinski definition) is 2. The minimum Gasteiger partial charge on any atom is -0.484 e. The quantitative estimate of drug-likeness (QED) is 0.399. The van der Waals surface area contributed by atoms with Crippen molar-refractivity contribution in [1.82, 2.24) is 0 Å². The van der Waals surface area contributed by atoms with Crippen molar-refractivity contribution in [3.63, 3.8) is 0 Å². The smallest absolute Gasteiger partial charge is 0.311 e. The number of nitrogens with zero attached hydrogens (tertiary/aromatic N) is 1. The van der Waals surface area contributed by atoms with Crippen molar-refractivity contribution in [2.24, 2.45) is 0 Å². The van der Waals surface area contributed by atoms with E-state index in [-0.39, 0.29) is 44.5 Å². The van der Waals surface area contributed by atoms with E-state index in [9.17, 15) is 10.1 Å². The zero-order valence-corrected chi connectivity index (χ0v) is 9.74. The summed E-state index contributed by atoms with van der Waals surface area (Å²) in [6, 6.07) is 4.26. The molecule has 7 heteroatoms. The van der Waals surface area contributed by atoms with Crippen LogP contribution in [0.15, 0.2) is 18.2 Å². The van der Waals surface area contributed by atoms with E-state index in [1.54, 1.807) is 6.07 Å². The molecule has 1 rings (SSSR count). The second-order valence-electron chi connectivity index (χ2n) is 3.40. The minimum atomic E-state index is -0.566. The van der Waals surface area contributed by atoms with Crippen LogP contribution in [0.4, 0.5) is 5.69 Å². The van der Waals surface area contributed by atoms with Gasteiger partial charge in [0.1, 0.15) is 6.61 Å². The lowest BCUT2D eigenvalue weighted by Crippen LogP contribution is -2.10. The molecule has 0 saturated carbocycles. The minimum absolute atomic E-state index is 0.0780. The van der Waals surface area contributed by atoms with Crippen molar-refractivity contribution in [3.05, 3.63) is 33.9 Å². The van der Waals surface area contributed by atoms with E-state index in [4.69, 9.17) is 19.7 Å². The number of hydrogen-bond acceptors (Lipinski definition) is 6. The molecule has 0 heterocycles. The van der Waals surface area contributed by atoms with Crippen LogP contribution in [0.25, 0.3) is 0 Å². The van der Waals surface area contributed by atoms with E-state index in [2.05, 4.69) is 0 Å². The van der Waals surface area contributed by atoms with E-state index in [0.29, 0.717) is 5.56 Å². The van der Waals surface area contributed by atoms with Crippen LogP contribution >= 0.6 is 0 Å². The first-order valence-corrected chi connectivity index (χ1v) is 5.38. The third kappa shape index (κ3) is 4.28. The largest absolute Gasteiger partial charge is 0.484 e. The van der Waals surface area contributed by atoms with Gasteiger partial charge in [0, 0.05) is 6.07 Å². The molecule has 0 atom stereocenters. The SMILES string of the molecule is O=[N+]([O-])c1cc(CO)ccc1OCCOCCO. The van der Waals surface area contributed by atoms with Crippen LogP contribution in [0.5, 0.6) is 5.75 Å². The Bertz CT molecular complexity index is 395. The molecule has 0 aliphatic rings. The lowest BCUT2D eigenvalue weighted by molar-refractivity contribution is -0.386. The average Bonchev–Trinajstić information content (AvgIpc) is 2.38. The molecular formula is C11H15NO6. The Morgan fingerprint density at radius 3 is 2.61 bits per heavy atom. The Labute approximate surface area is 104 Å². The summed E-state index contributed by atoms with van der Waals surface area (Å²) in [6.45, 7) is 0.250. The number of nitro groups is 1. The normalized spacial score (nSPS) is 10.3. The highest BCUT2D eigenvalue weighted by molar-refractivity contribution is 5.48. The molecule has 1 aromatic rings. The predicted molar refractivity (Wildman–Crippen MR) is 62.4 cm³/mol. The first kappa shape index (κ1) is 14.4. The summed E-state index contributed by atoms with van der Waals surface area (Å²) >= 11 is 0. The molecule has 0 spiro atoms. The molecule has 0 aliphatic carbocycles. The first-order chi connectivity index (χ1) is 8.69. The van der Waals surface area contributed by atoms with Gasteiger partial charge in [-0.1, -0.05) is 6.07 Å². The molecule has 0 aromatic heterocycles. The molecule has 7 nitrogen and oxygen atoms in total. The Morgan fingerprint density at radius 2 is 2.00 bits per heavy atom. The lowest BCUT2D eigenvalue weighted by atomic mass is 10.2. The third-order valence-electron chi connectivity index (χ3n) is 2.12. The summed E-state index contributed by atoms with van der Waals surface area (Å²) < 4.78 is 10.2. The van der Waals surface area contributed by atoms with Crippen LogP contribution < -0.4 is 4.74 Å². The summed E-state index contributed by atoms with van der Waals surface area (Å²) in [5.74, 6) is 0.129. The van der Waals surface area contributed by atoms with E-state index >= 15 is 0 Å². The molecule has 1 aromatic carbocycles. The summed E-state index contributed by atoms with van der Waals surface area (Å²) in [6.07, 6.45) is 0. The molecule has 0 bridgehead atoms. The lowest BCUT2D eigenvalue weighted by Gasteiger charge is -2.07. The van der Waals surface area contributed by atoms with Crippen molar-refractivity contribution in [2.45, 2.75) is 6.61 Å². The zero-order chi connectivity index (χ0) is 13.4. The monoisotopic (exact) mass is 257 g/mol. The van der Waals surface area contributed by atoms with Gasteiger partial charge >= 0.3 is 5.69 Å². The maximum absolute atomic E-state index is 10.8. The maximum atomic E-state index is 10.8. The van der Waals surface area contributed by atoms with Crippen molar-refractivity contribution >= 4 is 5.69 Å². The third-order valence-corrected chi connectivity index (χ3v) is 2.12. The van der Waals surface area contributed by atoms with E-state index < -0.39 is 4.92 Å². The van der Waals surface area contributed by atoms with Crippen LogP contribution in [0.1, 0.15) is 5.56 Å². The summed E-state index contributed by atoms with van der Waals surface area (Å²) in [5.41, 5.74) is 0.259. The molecule has 18 heavy (non-hydrogen) atoms. The predicted octanol–water partition coefficient (Wildman–Crippen LogP) is 0.475. The fourth-order valence-electron chi connectivity index (χ4n) is 1.30. The highest BCUT2D eigenvalue weighted by atomic mass is 16.6. The fraction of sp³-hybridized carbons (Fsp3) is 0.455. The molecule has 0 saturated heterocycles. The van der Waals surface area contributed by atoms with Gasteiger partial charge in [0.15, 0.2) is 5.75 Å². The number of rotatable bonds is 8. The topological polar surface area (TPSA) is 102 Å². The van der Waals surface area contributed by atoms with Crippen molar-refractivity contribution in [1.29, 1.82) is 0 Å². The number of ether oxygens (including phenoxy) is 2.